The van der Waals surface area contributed by atoms with Crippen LogP contribution in [0.25, 0.3) is 17.3 Å². The zero-order chi connectivity index (χ0) is 16.9. The summed E-state index contributed by atoms with van der Waals surface area (Å²) < 4.78 is 1.48. The van der Waals surface area contributed by atoms with Crippen LogP contribution in [0.5, 0.6) is 0 Å². The molecule has 0 saturated heterocycles. The van der Waals surface area contributed by atoms with Crippen LogP contribution in [-0.2, 0) is 0 Å². The molecule has 1 aromatic heterocycles. The van der Waals surface area contributed by atoms with Crippen molar-refractivity contribution in [3.05, 3.63) is 77.5 Å². The van der Waals surface area contributed by atoms with Crippen molar-refractivity contribution in [3.63, 3.8) is 0 Å². The largest absolute Gasteiger partial charge is 0.382 e. The molecule has 0 spiro atoms. The van der Waals surface area contributed by atoms with Crippen LogP contribution in [0.3, 0.4) is 0 Å². The lowest BCUT2D eigenvalue weighted by Crippen LogP contribution is -2.02. The van der Waals surface area contributed by atoms with E-state index < -0.39 is 0 Å². The van der Waals surface area contributed by atoms with E-state index in [2.05, 4.69) is 17.2 Å². The third-order valence-electron chi connectivity index (χ3n) is 3.52. The number of para-hydroxylation sites is 1. The summed E-state index contributed by atoms with van der Waals surface area (Å²) >= 11 is 0. The average molecular weight is 311 g/mol. The van der Waals surface area contributed by atoms with E-state index in [4.69, 9.17) is 5.73 Å². The molecular formula is C19H13N5. The molecule has 2 aromatic carbocycles. The molecule has 0 fully saturated rings. The standard InChI is InChI=1S/C19H13N5/c20-12-15(11-14-7-3-1-4-8-14)18-17(13-21)19(22)24(23-18)16-9-5-2-6-10-16/h1-11H,22H2/b15-11-. The first kappa shape index (κ1) is 15.1. The molecular weight excluding hydrogens is 298 g/mol. The fourth-order valence-electron chi connectivity index (χ4n) is 2.37. The van der Waals surface area contributed by atoms with Crippen LogP contribution in [0, 0.1) is 22.7 Å². The molecule has 0 aliphatic heterocycles. The molecule has 0 bridgehead atoms. The molecule has 0 aliphatic rings. The van der Waals surface area contributed by atoms with E-state index >= 15 is 0 Å². The molecule has 0 unspecified atom stereocenters. The van der Waals surface area contributed by atoms with Crippen molar-refractivity contribution in [3.8, 4) is 17.8 Å². The summed E-state index contributed by atoms with van der Waals surface area (Å²) in [4.78, 5) is 0. The number of nitrogens with two attached hydrogens (primary N) is 1. The highest BCUT2D eigenvalue weighted by Gasteiger charge is 2.19. The Balaban J connectivity index is 2.16. The van der Waals surface area contributed by atoms with Crippen LogP contribution in [-0.4, -0.2) is 9.78 Å². The van der Waals surface area contributed by atoms with Crippen molar-refractivity contribution in [2.24, 2.45) is 0 Å². The number of aromatic nitrogens is 2. The van der Waals surface area contributed by atoms with Gasteiger partial charge in [0.05, 0.1) is 11.3 Å². The van der Waals surface area contributed by atoms with Gasteiger partial charge in [-0.05, 0) is 23.8 Å². The Morgan fingerprint density at radius 3 is 2.21 bits per heavy atom. The summed E-state index contributed by atoms with van der Waals surface area (Å²) in [6, 6.07) is 22.8. The van der Waals surface area contributed by atoms with Crippen LogP contribution in [0.2, 0.25) is 0 Å². The molecule has 0 saturated carbocycles. The monoisotopic (exact) mass is 311 g/mol. The Bertz CT molecular complexity index is 970. The lowest BCUT2D eigenvalue weighted by Gasteiger charge is -2.02. The first-order valence-electron chi connectivity index (χ1n) is 7.26. The summed E-state index contributed by atoms with van der Waals surface area (Å²) in [5.74, 6) is 0.216. The molecule has 24 heavy (non-hydrogen) atoms. The number of allylic oxidation sites excluding steroid dienone is 1. The second kappa shape index (κ2) is 6.51. The summed E-state index contributed by atoms with van der Waals surface area (Å²) in [6.07, 6.45) is 1.69. The van der Waals surface area contributed by atoms with Crippen LogP contribution in [0.1, 0.15) is 16.8 Å². The van der Waals surface area contributed by atoms with Gasteiger partial charge in [-0.2, -0.15) is 15.6 Å². The lowest BCUT2D eigenvalue weighted by atomic mass is 10.1. The van der Waals surface area contributed by atoms with E-state index in [1.54, 1.807) is 6.08 Å². The molecule has 0 aliphatic carbocycles. The zero-order valence-corrected chi connectivity index (χ0v) is 12.7. The third kappa shape index (κ3) is 2.75. The Kier molecular flexibility index (Phi) is 4.09. The second-order valence-corrected chi connectivity index (χ2v) is 5.05. The quantitative estimate of drug-likeness (QED) is 0.750. The second-order valence-electron chi connectivity index (χ2n) is 5.05. The van der Waals surface area contributed by atoms with E-state index in [0.717, 1.165) is 11.3 Å². The summed E-state index contributed by atoms with van der Waals surface area (Å²) in [7, 11) is 0. The highest BCUT2D eigenvalue weighted by molar-refractivity contribution is 5.91. The van der Waals surface area contributed by atoms with Gasteiger partial charge < -0.3 is 5.73 Å². The van der Waals surface area contributed by atoms with Crippen LogP contribution in [0.15, 0.2) is 60.7 Å². The predicted molar refractivity (Wildman–Crippen MR) is 92.6 cm³/mol. The predicted octanol–water partition coefficient (Wildman–Crippen LogP) is 3.39. The first-order chi connectivity index (χ1) is 11.7. The minimum absolute atomic E-state index is 0.197. The minimum Gasteiger partial charge on any atom is -0.382 e. The molecule has 3 rings (SSSR count). The molecule has 0 atom stereocenters. The van der Waals surface area contributed by atoms with Crippen molar-refractivity contribution >= 4 is 17.5 Å². The van der Waals surface area contributed by atoms with Crippen molar-refractivity contribution in [1.29, 1.82) is 10.5 Å². The van der Waals surface area contributed by atoms with Gasteiger partial charge in [0.2, 0.25) is 0 Å². The van der Waals surface area contributed by atoms with Gasteiger partial charge in [-0.15, -0.1) is 0 Å². The van der Waals surface area contributed by atoms with Gasteiger partial charge in [0.15, 0.2) is 0 Å². The Hall–Kier alpha value is -3.83. The van der Waals surface area contributed by atoms with Gasteiger partial charge in [-0.1, -0.05) is 48.5 Å². The molecule has 114 valence electrons. The molecule has 0 amide bonds. The van der Waals surface area contributed by atoms with E-state index in [9.17, 15) is 10.5 Å². The molecule has 3 aromatic rings. The number of benzene rings is 2. The number of nitrogens with zero attached hydrogens (tertiary/aromatic N) is 4. The van der Waals surface area contributed by atoms with Crippen molar-refractivity contribution < 1.29 is 0 Å². The number of anilines is 1. The van der Waals surface area contributed by atoms with E-state index in [-0.39, 0.29) is 17.1 Å². The van der Waals surface area contributed by atoms with Crippen LogP contribution in [0.4, 0.5) is 5.82 Å². The van der Waals surface area contributed by atoms with Gasteiger partial charge in [-0.3, -0.25) is 0 Å². The lowest BCUT2D eigenvalue weighted by molar-refractivity contribution is 0.885. The first-order valence-corrected chi connectivity index (χ1v) is 7.26. The number of nitriles is 2. The maximum Gasteiger partial charge on any atom is 0.145 e. The fraction of sp³-hybridized carbons (Fsp3) is 0. The molecule has 2 N–H and O–H groups in total. The number of nitrogen functional groups attached to an aromatic ring is 1. The molecule has 5 nitrogen and oxygen atoms in total. The maximum atomic E-state index is 9.51. The smallest absolute Gasteiger partial charge is 0.145 e. The Morgan fingerprint density at radius 1 is 1.00 bits per heavy atom. The zero-order valence-electron chi connectivity index (χ0n) is 12.7. The van der Waals surface area contributed by atoms with Gasteiger partial charge in [-0.25, -0.2) is 4.68 Å². The molecule has 1 heterocycles. The Morgan fingerprint density at radius 2 is 1.62 bits per heavy atom. The SMILES string of the molecule is N#C/C(=C/c1ccccc1)c1nn(-c2ccccc2)c(N)c1C#N. The number of hydrogen-bond acceptors (Lipinski definition) is 4. The van der Waals surface area contributed by atoms with E-state index in [1.807, 2.05) is 60.7 Å². The number of rotatable bonds is 3. The molecule has 5 heteroatoms. The van der Waals surface area contributed by atoms with Crippen LogP contribution >= 0.6 is 0 Å². The van der Waals surface area contributed by atoms with E-state index in [0.29, 0.717) is 5.57 Å². The highest BCUT2D eigenvalue weighted by atomic mass is 15.3. The minimum atomic E-state index is 0.197. The summed E-state index contributed by atoms with van der Waals surface area (Å²) in [6.45, 7) is 0. The Labute approximate surface area is 139 Å². The summed E-state index contributed by atoms with van der Waals surface area (Å²) in [5, 5.41) is 23.4. The normalized spacial score (nSPS) is 10.8. The van der Waals surface area contributed by atoms with Gasteiger partial charge in [0, 0.05) is 0 Å². The summed E-state index contributed by atoms with van der Waals surface area (Å²) in [5.41, 5.74) is 8.43. The van der Waals surface area contributed by atoms with Gasteiger partial charge in [0.1, 0.15) is 29.2 Å². The average Bonchev–Trinajstić information content (AvgIpc) is 2.97. The van der Waals surface area contributed by atoms with Crippen LogP contribution < -0.4 is 5.73 Å². The van der Waals surface area contributed by atoms with Crippen molar-refractivity contribution in [2.45, 2.75) is 0 Å². The fourth-order valence-corrected chi connectivity index (χ4v) is 2.37. The third-order valence-corrected chi connectivity index (χ3v) is 3.52. The van der Waals surface area contributed by atoms with Gasteiger partial charge in [0.25, 0.3) is 0 Å². The molecule has 0 radical (unpaired) electrons. The maximum absolute atomic E-state index is 9.51. The van der Waals surface area contributed by atoms with E-state index in [1.165, 1.54) is 4.68 Å². The van der Waals surface area contributed by atoms with Crippen molar-refractivity contribution in [1.82, 2.24) is 9.78 Å². The van der Waals surface area contributed by atoms with Gasteiger partial charge >= 0.3 is 0 Å². The highest BCUT2D eigenvalue weighted by Crippen LogP contribution is 2.26. The van der Waals surface area contributed by atoms with Crippen molar-refractivity contribution in [2.75, 3.05) is 5.73 Å². The number of hydrogen-bond donors (Lipinski definition) is 1. The topological polar surface area (TPSA) is 91.4 Å².